The molecule has 41 heavy (non-hydrogen) atoms. The molecule has 0 aliphatic heterocycles. The summed E-state index contributed by atoms with van der Waals surface area (Å²) < 4.78 is 13.4. The lowest BCUT2D eigenvalue weighted by Crippen LogP contribution is -2.44. The lowest BCUT2D eigenvalue weighted by atomic mass is 9.80. The molecule has 0 saturated carbocycles. The highest BCUT2D eigenvalue weighted by molar-refractivity contribution is 7.95. The summed E-state index contributed by atoms with van der Waals surface area (Å²) in [7, 11) is 0.331. The van der Waals surface area contributed by atoms with Gasteiger partial charge in [0, 0.05) is 41.0 Å². The maximum absolute atomic E-state index is 12.7. The number of nitrogens with one attached hydrogen (secondary N) is 1. The van der Waals surface area contributed by atoms with Crippen LogP contribution in [0, 0.1) is 0 Å². The van der Waals surface area contributed by atoms with E-state index >= 15 is 0 Å². The van der Waals surface area contributed by atoms with Crippen LogP contribution in [0.2, 0.25) is 5.28 Å². The number of hydrogen-bond acceptors (Lipinski definition) is 6. The number of nitrogens with zero attached hydrogens (tertiary/aromatic N) is 4. The smallest absolute Gasteiger partial charge is 0.407 e. The number of alkyl carbamates (subject to hydrolysis) is 1. The number of hydrogen-bond donors (Lipinski definition) is 1. The van der Waals surface area contributed by atoms with Crippen molar-refractivity contribution in [2.24, 2.45) is 0 Å². The molecule has 10 heteroatoms. The van der Waals surface area contributed by atoms with Crippen LogP contribution in [0.15, 0.2) is 54.9 Å². The minimum Gasteiger partial charge on any atom is -0.444 e. The summed E-state index contributed by atoms with van der Waals surface area (Å²) in [5, 5.41) is 4.08. The number of aromatic nitrogens is 4. The molecule has 0 spiro atoms. The van der Waals surface area contributed by atoms with E-state index in [1.165, 1.54) is 11.1 Å². The monoisotopic (exact) mass is 594 g/mol. The van der Waals surface area contributed by atoms with Crippen molar-refractivity contribution in [2.75, 3.05) is 31.4 Å². The van der Waals surface area contributed by atoms with Gasteiger partial charge in [-0.05, 0) is 85.4 Å². The minimum atomic E-state index is -0.581. The largest absolute Gasteiger partial charge is 0.444 e. The van der Waals surface area contributed by atoms with E-state index in [4.69, 9.17) is 26.1 Å². The van der Waals surface area contributed by atoms with Gasteiger partial charge < -0.3 is 19.4 Å². The number of halogens is 1. The van der Waals surface area contributed by atoms with Gasteiger partial charge in [-0.3, -0.25) is 4.98 Å². The van der Waals surface area contributed by atoms with Crippen LogP contribution in [0.25, 0.3) is 22.3 Å². The Morgan fingerprint density at radius 1 is 1.12 bits per heavy atom. The summed E-state index contributed by atoms with van der Waals surface area (Å²) in [4.78, 5) is 26.6. The molecule has 3 heterocycles. The van der Waals surface area contributed by atoms with Crippen LogP contribution in [-0.4, -0.2) is 62.6 Å². The second kappa shape index (κ2) is 12.0. The first-order valence-electron chi connectivity index (χ1n) is 13.7. The quantitative estimate of drug-likeness (QED) is 0.155. The second-order valence-electron chi connectivity index (χ2n) is 11.8. The van der Waals surface area contributed by atoms with Gasteiger partial charge >= 0.3 is 6.09 Å². The van der Waals surface area contributed by atoms with Gasteiger partial charge in [0.25, 0.3) is 0 Å². The summed E-state index contributed by atoms with van der Waals surface area (Å²) in [5.74, 6) is 1.02. The first kappa shape index (κ1) is 29.4. The van der Waals surface area contributed by atoms with E-state index in [1.54, 1.807) is 6.20 Å². The molecule has 3 aromatic heterocycles. The molecule has 0 atom stereocenters. The standard InChI is InChI=1S/C31H36ClN5O3S/c1-30(2,3)40-29(38)34-19-31(17-22-8-6-7-9-23(22)18-31)25-16-21(10-12-33-25)26-24-11-13-37(20-39-14-15-41(4)5)27(24)36-28(32)35-26/h6-13,16H,14-15,17-20H2,1-5H3/p+1. The van der Waals surface area contributed by atoms with Crippen molar-refractivity contribution < 1.29 is 14.3 Å². The summed E-state index contributed by atoms with van der Waals surface area (Å²) in [6.45, 7) is 7.05. The fourth-order valence-electron chi connectivity index (χ4n) is 5.27. The van der Waals surface area contributed by atoms with Crippen molar-refractivity contribution in [3.05, 3.63) is 77.0 Å². The predicted molar refractivity (Wildman–Crippen MR) is 166 cm³/mol. The van der Waals surface area contributed by atoms with Crippen molar-refractivity contribution >= 4 is 39.6 Å². The van der Waals surface area contributed by atoms with Gasteiger partial charge in [-0.2, -0.15) is 4.98 Å². The zero-order chi connectivity index (χ0) is 29.2. The maximum Gasteiger partial charge on any atom is 0.407 e. The van der Waals surface area contributed by atoms with Crippen LogP contribution in [-0.2, 0) is 45.4 Å². The van der Waals surface area contributed by atoms with E-state index < -0.39 is 17.1 Å². The van der Waals surface area contributed by atoms with Crippen molar-refractivity contribution in [1.82, 2.24) is 24.8 Å². The molecule has 1 N–H and O–H groups in total. The molecular formula is C31H37ClN5O3S+. The zero-order valence-electron chi connectivity index (χ0n) is 24.2. The highest BCUT2D eigenvalue weighted by Gasteiger charge is 2.41. The van der Waals surface area contributed by atoms with E-state index in [0.717, 1.165) is 46.6 Å². The van der Waals surface area contributed by atoms with Crippen molar-refractivity contribution in [2.45, 2.75) is 51.4 Å². The van der Waals surface area contributed by atoms with Gasteiger partial charge in [-0.15, -0.1) is 0 Å². The average Bonchev–Trinajstić information content (AvgIpc) is 3.50. The van der Waals surface area contributed by atoms with Gasteiger partial charge in [0.1, 0.15) is 23.7 Å². The fourth-order valence-corrected chi connectivity index (χ4v) is 5.88. The lowest BCUT2D eigenvalue weighted by Gasteiger charge is -2.30. The Bertz CT molecular complexity index is 1520. The van der Waals surface area contributed by atoms with Crippen LogP contribution in [0.4, 0.5) is 4.79 Å². The van der Waals surface area contributed by atoms with E-state index in [2.05, 4.69) is 58.1 Å². The Morgan fingerprint density at radius 2 is 1.85 bits per heavy atom. The van der Waals surface area contributed by atoms with E-state index in [1.807, 2.05) is 43.7 Å². The normalized spacial score (nSPS) is 14.4. The fraction of sp³-hybridized carbons (Fsp3) is 0.419. The van der Waals surface area contributed by atoms with Crippen LogP contribution in [0.3, 0.4) is 0 Å². The third-order valence-electron chi connectivity index (χ3n) is 7.18. The number of benzene rings is 1. The first-order valence-corrected chi connectivity index (χ1v) is 16.3. The molecule has 0 fully saturated rings. The molecule has 216 valence electrons. The first-order chi connectivity index (χ1) is 19.5. The number of amides is 1. The van der Waals surface area contributed by atoms with Gasteiger partial charge in [-0.1, -0.05) is 24.3 Å². The zero-order valence-corrected chi connectivity index (χ0v) is 25.8. The predicted octanol–water partition coefficient (Wildman–Crippen LogP) is 5.56. The maximum atomic E-state index is 12.7. The molecule has 1 aliphatic rings. The highest BCUT2D eigenvalue weighted by atomic mass is 35.5. The molecule has 5 rings (SSSR count). The van der Waals surface area contributed by atoms with Crippen molar-refractivity contribution in [3.8, 4) is 11.3 Å². The van der Waals surface area contributed by atoms with Crippen LogP contribution >= 0.6 is 11.6 Å². The second-order valence-corrected chi connectivity index (χ2v) is 14.5. The third kappa shape index (κ3) is 6.85. The SMILES string of the molecule is C[S+](C)CCOCn1ccc2c(-c3ccnc(C4(CNC(=O)OC(C)(C)C)Cc5ccccc5C4)c3)nc(Cl)nc21. The molecule has 1 aromatic carbocycles. The van der Waals surface area contributed by atoms with Crippen molar-refractivity contribution in [3.63, 3.8) is 0 Å². The summed E-state index contributed by atoms with van der Waals surface area (Å²) >= 11 is 6.45. The average molecular weight is 595 g/mol. The molecule has 4 aromatic rings. The highest BCUT2D eigenvalue weighted by Crippen LogP contribution is 2.40. The number of pyridine rings is 1. The van der Waals surface area contributed by atoms with Gasteiger partial charge in [0.2, 0.25) is 5.28 Å². The third-order valence-corrected chi connectivity index (χ3v) is 8.33. The topological polar surface area (TPSA) is 91.2 Å². The Morgan fingerprint density at radius 3 is 2.54 bits per heavy atom. The summed E-state index contributed by atoms with van der Waals surface area (Å²) in [6, 6.07) is 14.4. The van der Waals surface area contributed by atoms with E-state index in [0.29, 0.717) is 30.8 Å². The van der Waals surface area contributed by atoms with Gasteiger partial charge in [0.15, 0.2) is 0 Å². The Labute approximate surface area is 249 Å². The van der Waals surface area contributed by atoms with Crippen molar-refractivity contribution in [1.29, 1.82) is 0 Å². The molecule has 0 bridgehead atoms. The number of rotatable bonds is 9. The van der Waals surface area contributed by atoms with Gasteiger partial charge in [0.05, 0.1) is 24.8 Å². The van der Waals surface area contributed by atoms with Crippen LogP contribution in [0.5, 0.6) is 0 Å². The van der Waals surface area contributed by atoms with E-state index in [-0.39, 0.29) is 5.28 Å². The molecular weight excluding hydrogens is 558 g/mol. The molecule has 8 nitrogen and oxygen atoms in total. The molecule has 0 radical (unpaired) electrons. The number of fused-ring (bicyclic) bond motifs is 2. The molecule has 1 amide bonds. The molecule has 1 aliphatic carbocycles. The van der Waals surface area contributed by atoms with Crippen LogP contribution in [0.1, 0.15) is 37.6 Å². The number of ether oxygens (including phenoxy) is 2. The Kier molecular flexibility index (Phi) is 8.59. The summed E-state index contributed by atoms with van der Waals surface area (Å²) in [5.41, 5.74) is 4.71. The molecule has 0 saturated heterocycles. The summed E-state index contributed by atoms with van der Waals surface area (Å²) in [6.07, 6.45) is 9.24. The lowest BCUT2D eigenvalue weighted by molar-refractivity contribution is 0.0514. The van der Waals surface area contributed by atoms with Gasteiger partial charge in [-0.25, -0.2) is 9.78 Å². The Balaban J connectivity index is 1.47. The van der Waals surface area contributed by atoms with E-state index in [9.17, 15) is 4.79 Å². The van der Waals surface area contributed by atoms with Crippen LogP contribution < -0.4 is 5.32 Å². The number of carbonyl (C=O) groups is 1. The Hall–Kier alpha value is -3.14. The minimum absolute atomic E-state index is 0.170. The number of carbonyl (C=O) groups excluding carboxylic acids is 1. The molecule has 0 unspecified atom stereocenters.